The summed E-state index contributed by atoms with van der Waals surface area (Å²) < 4.78 is 4.76. The highest BCUT2D eigenvalue weighted by Crippen LogP contribution is 2.25. The number of carbonyl (C=O) groups excluding carboxylic acids is 2. The average Bonchev–Trinajstić information content (AvgIpc) is 2.51. The number of benzene rings is 1. The van der Waals surface area contributed by atoms with Crippen LogP contribution >= 0.6 is 0 Å². The van der Waals surface area contributed by atoms with Gasteiger partial charge in [-0.3, -0.25) is 9.80 Å². The zero-order valence-corrected chi connectivity index (χ0v) is 13.3. The average molecular weight is 306 g/mol. The van der Waals surface area contributed by atoms with Gasteiger partial charge in [-0.1, -0.05) is 24.3 Å². The molecule has 0 bridgehead atoms. The minimum absolute atomic E-state index is 0.127. The van der Waals surface area contributed by atoms with Crippen LogP contribution in [0.3, 0.4) is 0 Å². The summed E-state index contributed by atoms with van der Waals surface area (Å²) in [5, 5.41) is 1.91. The third-order valence-corrected chi connectivity index (χ3v) is 3.57. The van der Waals surface area contributed by atoms with E-state index in [9.17, 15) is 9.59 Å². The van der Waals surface area contributed by atoms with Gasteiger partial charge in [0.25, 0.3) is 5.91 Å². The monoisotopic (exact) mass is 306 g/mol. The van der Waals surface area contributed by atoms with E-state index in [0.29, 0.717) is 5.56 Å². The molecule has 7 nitrogen and oxygen atoms in total. The van der Waals surface area contributed by atoms with Crippen LogP contribution in [0.1, 0.15) is 22.8 Å². The molecular formula is C15H22N4O3. The molecule has 1 amide bonds. The van der Waals surface area contributed by atoms with Crippen molar-refractivity contribution < 1.29 is 14.3 Å². The Bertz CT molecular complexity index is 583. The third kappa shape index (κ3) is 3.10. The zero-order chi connectivity index (χ0) is 17.1. The summed E-state index contributed by atoms with van der Waals surface area (Å²) in [6.07, 6.45) is 0. The van der Waals surface area contributed by atoms with Crippen LogP contribution in [0, 0.1) is 6.92 Å². The van der Waals surface area contributed by atoms with Crippen molar-refractivity contribution in [2.45, 2.75) is 19.4 Å². The molecule has 1 atom stereocenters. The van der Waals surface area contributed by atoms with Crippen LogP contribution in [0.15, 0.2) is 36.5 Å². The first-order valence-electron chi connectivity index (χ1n) is 6.58. The van der Waals surface area contributed by atoms with Crippen molar-refractivity contribution in [1.29, 1.82) is 0 Å². The minimum atomic E-state index is -1.62. The summed E-state index contributed by atoms with van der Waals surface area (Å²) in [5.41, 5.74) is -0.153. The van der Waals surface area contributed by atoms with Crippen molar-refractivity contribution in [3.05, 3.63) is 47.7 Å². The summed E-state index contributed by atoms with van der Waals surface area (Å²) in [7, 11) is 2.70. The Morgan fingerprint density at radius 3 is 2.14 bits per heavy atom. The second-order valence-corrected chi connectivity index (χ2v) is 5.16. The minimum Gasteiger partial charge on any atom is -0.467 e. The van der Waals surface area contributed by atoms with E-state index in [1.165, 1.54) is 21.1 Å². The molecule has 22 heavy (non-hydrogen) atoms. The van der Waals surface area contributed by atoms with Gasteiger partial charge >= 0.3 is 5.97 Å². The number of methoxy groups -OCH3 is 1. The highest BCUT2D eigenvalue weighted by molar-refractivity contribution is 5.98. The van der Waals surface area contributed by atoms with Crippen molar-refractivity contribution in [3.63, 3.8) is 0 Å². The van der Waals surface area contributed by atoms with E-state index < -0.39 is 17.4 Å². The number of likely N-dealkylation sites (N-methyl/N-ethyl adjacent to an activating group) is 1. The first-order chi connectivity index (χ1) is 10.2. The number of nitrogens with two attached hydrogens (primary N) is 2. The Morgan fingerprint density at radius 1 is 1.23 bits per heavy atom. The number of carbonyl (C=O) groups is 2. The van der Waals surface area contributed by atoms with E-state index in [1.54, 1.807) is 24.3 Å². The van der Waals surface area contributed by atoms with Crippen molar-refractivity contribution in [3.8, 4) is 0 Å². The van der Waals surface area contributed by atoms with Gasteiger partial charge in [0, 0.05) is 12.6 Å². The second kappa shape index (κ2) is 6.59. The molecule has 0 saturated carbocycles. The van der Waals surface area contributed by atoms with Gasteiger partial charge < -0.3 is 9.75 Å². The Balaban J connectivity index is 3.25. The number of hydrogen-bond acceptors (Lipinski definition) is 6. The molecule has 0 heterocycles. The Morgan fingerprint density at radius 2 is 1.73 bits per heavy atom. The third-order valence-electron chi connectivity index (χ3n) is 3.57. The summed E-state index contributed by atoms with van der Waals surface area (Å²) in [4.78, 5) is 24.7. The van der Waals surface area contributed by atoms with E-state index in [2.05, 4.69) is 6.58 Å². The van der Waals surface area contributed by atoms with Crippen LogP contribution in [-0.4, -0.2) is 41.6 Å². The predicted molar refractivity (Wildman–Crippen MR) is 83.0 cm³/mol. The maximum absolute atomic E-state index is 12.5. The molecule has 1 rings (SSSR count). The molecule has 0 aliphatic rings. The van der Waals surface area contributed by atoms with Crippen molar-refractivity contribution >= 4 is 11.9 Å². The maximum atomic E-state index is 12.5. The maximum Gasteiger partial charge on any atom is 0.339 e. The molecule has 120 valence electrons. The summed E-state index contributed by atoms with van der Waals surface area (Å²) in [5.74, 6) is 10.3. The van der Waals surface area contributed by atoms with Gasteiger partial charge in [-0.15, -0.1) is 0 Å². The Kier molecular flexibility index (Phi) is 5.29. The SMILES string of the molecule is C=C(N(C)N)C(C)(C(=O)OC)N(N)C(=O)c1ccc(C)cc1. The fourth-order valence-electron chi connectivity index (χ4n) is 1.94. The molecule has 4 N–H and O–H groups in total. The number of aryl methyl sites for hydroxylation is 1. The largest absolute Gasteiger partial charge is 0.467 e. The number of nitrogens with zero attached hydrogens (tertiary/aromatic N) is 2. The van der Waals surface area contributed by atoms with Crippen molar-refractivity contribution in [2.24, 2.45) is 11.7 Å². The fourth-order valence-corrected chi connectivity index (χ4v) is 1.94. The van der Waals surface area contributed by atoms with Crippen molar-refractivity contribution in [2.75, 3.05) is 14.2 Å². The highest BCUT2D eigenvalue weighted by Gasteiger charge is 2.46. The van der Waals surface area contributed by atoms with E-state index in [0.717, 1.165) is 15.6 Å². The highest BCUT2D eigenvalue weighted by atomic mass is 16.5. The summed E-state index contributed by atoms with van der Waals surface area (Å²) in [6.45, 7) is 7.06. The van der Waals surface area contributed by atoms with Gasteiger partial charge in [0.15, 0.2) is 5.54 Å². The Hall–Kier alpha value is -2.38. The lowest BCUT2D eigenvalue weighted by Crippen LogP contribution is -2.62. The molecular weight excluding hydrogens is 284 g/mol. The van der Waals surface area contributed by atoms with Crippen LogP contribution in [-0.2, 0) is 9.53 Å². The van der Waals surface area contributed by atoms with Gasteiger partial charge in [-0.05, 0) is 26.0 Å². The van der Waals surface area contributed by atoms with E-state index in [1.807, 2.05) is 6.92 Å². The molecule has 0 radical (unpaired) electrons. The van der Waals surface area contributed by atoms with Crippen LogP contribution in [0.25, 0.3) is 0 Å². The first-order valence-corrected chi connectivity index (χ1v) is 6.58. The molecule has 1 unspecified atom stereocenters. The second-order valence-electron chi connectivity index (χ2n) is 5.16. The van der Waals surface area contributed by atoms with Gasteiger partial charge in [0.2, 0.25) is 0 Å². The number of hydrogen-bond donors (Lipinski definition) is 2. The van der Waals surface area contributed by atoms with Crippen LogP contribution < -0.4 is 11.7 Å². The van der Waals surface area contributed by atoms with E-state index in [4.69, 9.17) is 16.4 Å². The van der Waals surface area contributed by atoms with Gasteiger partial charge in [0.1, 0.15) is 0 Å². The standard InChI is InChI=1S/C15H22N4O3/c1-10-6-8-12(9-7-10)13(20)19(17)15(3,14(21)22-5)11(2)18(4)16/h6-9H,2,16-17H2,1,3-5H3. The molecule has 7 heteroatoms. The zero-order valence-electron chi connectivity index (χ0n) is 13.3. The molecule has 0 spiro atoms. The van der Waals surface area contributed by atoms with Gasteiger partial charge in [0.05, 0.1) is 12.8 Å². The van der Waals surface area contributed by atoms with Crippen LogP contribution in [0.5, 0.6) is 0 Å². The summed E-state index contributed by atoms with van der Waals surface area (Å²) in [6, 6.07) is 6.81. The normalized spacial score (nSPS) is 13.0. The number of esters is 1. The predicted octanol–water partition coefficient (Wildman–Crippen LogP) is 0.562. The van der Waals surface area contributed by atoms with E-state index in [-0.39, 0.29) is 5.70 Å². The van der Waals surface area contributed by atoms with Gasteiger partial charge in [-0.2, -0.15) is 0 Å². The smallest absolute Gasteiger partial charge is 0.339 e. The molecule has 0 aliphatic heterocycles. The molecule has 0 aliphatic carbocycles. The number of rotatable bonds is 5. The lowest BCUT2D eigenvalue weighted by molar-refractivity contribution is -0.151. The number of hydrazine groups is 2. The van der Waals surface area contributed by atoms with Crippen LogP contribution in [0.2, 0.25) is 0 Å². The molecule has 1 aromatic rings. The number of amides is 1. The van der Waals surface area contributed by atoms with Crippen molar-refractivity contribution in [1.82, 2.24) is 10.0 Å². The molecule has 0 fully saturated rings. The summed E-state index contributed by atoms with van der Waals surface area (Å²) >= 11 is 0. The Labute approximate surface area is 130 Å². The fraction of sp³-hybridized carbons (Fsp3) is 0.333. The molecule has 0 saturated heterocycles. The first kappa shape index (κ1) is 17.7. The lowest BCUT2D eigenvalue weighted by Gasteiger charge is -2.38. The topological polar surface area (TPSA) is 102 Å². The van der Waals surface area contributed by atoms with Gasteiger partial charge in [-0.25, -0.2) is 16.5 Å². The molecule has 1 aromatic carbocycles. The number of ether oxygens (including phenoxy) is 1. The van der Waals surface area contributed by atoms with E-state index >= 15 is 0 Å². The van der Waals surface area contributed by atoms with Crippen LogP contribution in [0.4, 0.5) is 0 Å². The quantitative estimate of drug-likeness (QED) is 0.357. The molecule has 0 aromatic heterocycles. The lowest BCUT2D eigenvalue weighted by atomic mass is 9.96.